The SMILES string of the molecule is NCc1cncc(OCc2ccc(Br)cc2)n1. The van der Waals surface area contributed by atoms with Crippen LogP contribution in [0.15, 0.2) is 41.1 Å². The molecule has 0 amide bonds. The summed E-state index contributed by atoms with van der Waals surface area (Å²) < 4.78 is 6.58. The van der Waals surface area contributed by atoms with Crippen molar-refractivity contribution in [1.29, 1.82) is 0 Å². The molecule has 1 aromatic heterocycles. The Hall–Kier alpha value is -1.46. The highest BCUT2D eigenvalue weighted by Crippen LogP contribution is 2.12. The lowest BCUT2D eigenvalue weighted by Gasteiger charge is -2.05. The van der Waals surface area contributed by atoms with E-state index in [0.29, 0.717) is 19.0 Å². The Kier molecular flexibility index (Phi) is 4.06. The first-order chi connectivity index (χ1) is 8.28. The molecule has 0 atom stereocenters. The maximum absolute atomic E-state index is 5.53. The Morgan fingerprint density at radius 2 is 1.94 bits per heavy atom. The number of aromatic nitrogens is 2. The number of nitrogens with zero attached hydrogens (tertiary/aromatic N) is 2. The van der Waals surface area contributed by atoms with E-state index in [4.69, 9.17) is 10.5 Å². The molecule has 0 radical (unpaired) electrons. The van der Waals surface area contributed by atoms with Gasteiger partial charge in [-0.1, -0.05) is 28.1 Å². The molecular weight excluding hydrogens is 282 g/mol. The second-order valence-electron chi connectivity index (χ2n) is 3.47. The van der Waals surface area contributed by atoms with E-state index in [1.807, 2.05) is 24.3 Å². The molecule has 0 aliphatic rings. The van der Waals surface area contributed by atoms with E-state index >= 15 is 0 Å². The van der Waals surface area contributed by atoms with Crippen LogP contribution in [0.4, 0.5) is 0 Å². The average molecular weight is 294 g/mol. The molecule has 2 N–H and O–H groups in total. The summed E-state index contributed by atoms with van der Waals surface area (Å²) in [6.45, 7) is 0.832. The van der Waals surface area contributed by atoms with Gasteiger partial charge in [0.1, 0.15) is 6.61 Å². The van der Waals surface area contributed by atoms with E-state index in [1.165, 1.54) is 0 Å². The average Bonchev–Trinajstić information content (AvgIpc) is 2.38. The van der Waals surface area contributed by atoms with Crippen molar-refractivity contribution in [3.63, 3.8) is 0 Å². The van der Waals surface area contributed by atoms with Crippen molar-refractivity contribution < 1.29 is 4.74 Å². The highest BCUT2D eigenvalue weighted by atomic mass is 79.9. The first-order valence-corrected chi connectivity index (χ1v) is 5.95. The van der Waals surface area contributed by atoms with Gasteiger partial charge in [-0.2, -0.15) is 0 Å². The lowest BCUT2D eigenvalue weighted by Crippen LogP contribution is -2.03. The number of nitrogens with two attached hydrogens (primary N) is 1. The summed E-state index contributed by atoms with van der Waals surface area (Å²) in [5, 5.41) is 0. The predicted molar refractivity (Wildman–Crippen MR) is 68.4 cm³/mol. The van der Waals surface area contributed by atoms with Crippen LogP contribution in [0, 0.1) is 0 Å². The topological polar surface area (TPSA) is 61.0 Å². The summed E-state index contributed by atoms with van der Waals surface area (Å²) in [6, 6.07) is 7.93. The monoisotopic (exact) mass is 293 g/mol. The molecule has 0 unspecified atom stereocenters. The number of hydrogen-bond donors (Lipinski definition) is 1. The van der Waals surface area contributed by atoms with Crippen molar-refractivity contribution >= 4 is 15.9 Å². The quantitative estimate of drug-likeness (QED) is 0.939. The van der Waals surface area contributed by atoms with Crippen molar-refractivity contribution in [2.75, 3.05) is 0 Å². The van der Waals surface area contributed by atoms with Gasteiger partial charge in [0, 0.05) is 17.2 Å². The highest BCUT2D eigenvalue weighted by Gasteiger charge is 1.99. The smallest absolute Gasteiger partial charge is 0.232 e. The fraction of sp³-hybridized carbons (Fsp3) is 0.167. The van der Waals surface area contributed by atoms with E-state index in [9.17, 15) is 0 Å². The molecule has 5 heteroatoms. The molecule has 4 nitrogen and oxygen atoms in total. The Labute approximate surface area is 108 Å². The van der Waals surface area contributed by atoms with Gasteiger partial charge in [-0.05, 0) is 17.7 Å². The number of benzene rings is 1. The minimum Gasteiger partial charge on any atom is -0.472 e. The van der Waals surface area contributed by atoms with Gasteiger partial charge in [0.05, 0.1) is 11.9 Å². The van der Waals surface area contributed by atoms with E-state index in [-0.39, 0.29) is 0 Å². The predicted octanol–water partition coefficient (Wildman–Crippen LogP) is 2.28. The first kappa shape index (κ1) is 12.0. The minimum atomic E-state index is 0.364. The van der Waals surface area contributed by atoms with Crippen LogP contribution >= 0.6 is 15.9 Å². The van der Waals surface area contributed by atoms with Crippen LogP contribution in [0.3, 0.4) is 0 Å². The van der Waals surface area contributed by atoms with Gasteiger partial charge >= 0.3 is 0 Å². The highest BCUT2D eigenvalue weighted by molar-refractivity contribution is 9.10. The molecule has 0 spiro atoms. The molecule has 0 saturated carbocycles. The van der Waals surface area contributed by atoms with Crippen molar-refractivity contribution in [2.45, 2.75) is 13.2 Å². The molecule has 0 aliphatic carbocycles. The number of rotatable bonds is 4. The van der Waals surface area contributed by atoms with Crippen molar-refractivity contribution in [3.05, 3.63) is 52.4 Å². The fourth-order valence-corrected chi connectivity index (χ4v) is 1.56. The second kappa shape index (κ2) is 5.75. The maximum atomic E-state index is 5.53. The molecule has 2 aromatic rings. The normalized spacial score (nSPS) is 10.2. The van der Waals surface area contributed by atoms with Crippen molar-refractivity contribution in [2.24, 2.45) is 5.73 Å². The zero-order valence-corrected chi connectivity index (χ0v) is 10.7. The van der Waals surface area contributed by atoms with Gasteiger partial charge in [-0.3, -0.25) is 4.98 Å². The molecule has 0 fully saturated rings. The molecular formula is C12H12BrN3O. The van der Waals surface area contributed by atoms with Crippen LogP contribution < -0.4 is 10.5 Å². The summed E-state index contributed by atoms with van der Waals surface area (Å²) in [4.78, 5) is 8.21. The van der Waals surface area contributed by atoms with Gasteiger partial charge in [0.2, 0.25) is 5.88 Å². The lowest BCUT2D eigenvalue weighted by molar-refractivity contribution is 0.291. The van der Waals surface area contributed by atoms with E-state index in [1.54, 1.807) is 12.4 Å². The van der Waals surface area contributed by atoms with E-state index < -0.39 is 0 Å². The Balaban J connectivity index is 1.99. The van der Waals surface area contributed by atoms with Crippen molar-refractivity contribution in [1.82, 2.24) is 9.97 Å². The van der Waals surface area contributed by atoms with Crippen LogP contribution in [-0.2, 0) is 13.2 Å². The molecule has 1 aromatic carbocycles. The largest absolute Gasteiger partial charge is 0.472 e. The Morgan fingerprint density at radius 1 is 1.18 bits per heavy atom. The standard InChI is InChI=1S/C12H12BrN3O/c13-10-3-1-9(2-4-10)8-17-12-7-15-6-11(5-14)16-12/h1-4,6-7H,5,8,14H2. The third-order valence-electron chi connectivity index (χ3n) is 2.17. The van der Waals surface area contributed by atoms with Gasteiger partial charge in [-0.25, -0.2) is 4.98 Å². The third-order valence-corrected chi connectivity index (χ3v) is 2.70. The fourth-order valence-electron chi connectivity index (χ4n) is 1.29. The maximum Gasteiger partial charge on any atom is 0.232 e. The van der Waals surface area contributed by atoms with Crippen LogP contribution in [0.25, 0.3) is 0 Å². The van der Waals surface area contributed by atoms with E-state index in [2.05, 4.69) is 25.9 Å². The first-order valence-electron chi connectivity index (χ1n) is 5.16. The van der Waals surface area contributed by atoms with Crippen LogP contribution in [0.2, 0.25) is 0 Å². The molecule has 0 bridgehead atoms. The number of halogens is 1. The van der Waals surface area contributed by atoms with Crippen LogP contribution in [-0.4, -0.2) is 9.97 Å². The lowest BCUT2D eigenvalue weighted by atomic mass is 10.2. The molecule has 17 heavy (non-hydrogen) atoms. The molecule has 0 aliphatic heterocycles. The minimum absolute atomic E-state index is 0.364. The summed E-state index contributed by atoms with van der Waals surface area (Å²) in [5.74, 6) is 0.496. The third kappa shape index (κ3) is 3.51. The number of hydrogen-bond acceptors (Lipinski definition) is 4. The van der Waals surface area contributed by atoms with Gasteiger partial charge < -0.3 is 10.5 Å². The molecule has 1 heterocycles. The summed E-state index contributed by atoms with van der Waals surface area (Å²) in [5.41, 5.74) is 7.28. The zero-order valence-electron chi connectivity index (χ0n) is 9.14. The van der Waals surface area contributed by atoms with Crippen LogP contribution in [0.1, 0.15) is 11.3 Å². The molecule has 88 valence electrons. The van der Waals surface area contributed by atoms with Gasteiger partial charge in [0.25, 0.3) is 0 Å². The van der Waals surface area contributed by atoms with Crippen molar-refractivity contribution in [3.8, 4) is 5.88 Å². The van der Waals surface area contributed by atoms with Gasteiger partial charge in [0.15, 0.2) is 0 Å². The Morgan fingerprint density at radius 3 is 2.65 bits per heavy atom. The molecule has 0 saturated heterocycles. The number of ether oxygens (including phenoxy) is 1. The second-order valence-corrected chi connectivity index (χ2v) is 4.38. The zero-order chi connectivity index (χ0) is 12.1. The molecule has 2 rings (SSSR count). The van der Waals surface area contributed by atoms with E-state index in [0.717, 1.165) is 15.7 Å². The Bertz CT molecular complexity index is 487. The summed E-state index contributed by atoms with van der Waals surface area (Å²) in [7, 11) is 0. The van der Waals surface area contributed by atoms with Gasteiger partial charge in [-0.15, -0.1) is 0 Å². The summed E-state index contributed by atoms with van der Waals surface area (Å²) >= 11 is 3.38. The summed E-state index contributed by atoms with van der Waals surface area (Å²) in [6.07, 6.45) is 3.21. The van der Waals surface area contributed by atoms with Crippen LogP contribution in [0.5, 0.6) is 5.88 Å².